The minimum absolute atomic E-state index is 0.733. The highest BCUT2D eigenvalue weighted by molar-refractivity contribution is 5.34. The molecular weight excluding hydrogens is 210 g/mol. The predicted octanol–water partition coefficient (Wildman–Crippen LogP) is 2.92. The number of hydrogen-bond donors (Lipinski definition) is 1. The summed E-state index contributed by atoms with van der Waals surface area (Å²) in [4.78, 5) is 6.81. The third kappa shape index (κ3) is 4.73. The number of nitrogens with zero attached hydrogens (tertiary/aromatic N) is 2. The quantitative estimate of drug-likeness (QED) is 0.790. The molecule has 17 heavy (non-hydrogen) atoms. The average Bonchev–Trinajstić information content (AvgIpc) is 2.37. The van der Waals surface area contributed by atoms with Gasteiger partial charge in [-0.15, -0.1) is 0 Å². The fourth-order valence-corrected chi connectivity index (χ4v) is 1.98. The maximum atomic E-state index is 5.64. The standard InChI is InChI=1S/C14H25N3/c1-4-12(5-2)10-17(6-3)11-14-8-7-13(15)9-16-14/h7-9,12H,4-6,10-11,15H2,1-3H3. The van der Waals surface area contributed by atoms with Crippen molar-refractivity contribution in [1.82, 2.24) is 9.88 Å². The van der Waals surface area contributed by atoms with Gasteiger partial charge in [0.1, 0.15) is 0 Å². The third-order valence-electron chi connectivity index (χ3n) is 3.35. The second-order valence-corrected chi connectivity index (χ2v) is 4.59. The Kier molecular flexibility index (Phi) is 5.98. The molecule has 0 amide bonds. The van der Waals surface area contributed by atoms with E-state index in [0.717, 1.165) is 36.9 Å². The zero-order valence-electron chi connectivity index (χ0n) is 11.3. The summed E-state index contributed by atoms with van der Waals surface area (Å²) in [6.45, 7) is 9.90. The first-order valence-corrected chi connectivity index (χ1v) is 6.62. The molecule has 0 fully saturated rings. The van der Waals surface area contributed by atoms with Crippen LogP contribution in [0.4, 0.5) is 5.69 Å². The molecule has 3 nitrogen and oxygen atoms in total. The van der Waals surface area contributed by atoms with Crippen molar-refractivity contribution in [3.8, 4) is 0 Å². The second-order valence-electron chi connectivity index (χ2n) is 4.59. The van der Waals surface area contributed by atoms with Crippen LogP contribution in [0.15, 0.2) is 18.3 Å². The summed E-state index contributed by atoms with van der Waals surface area (Å²) >= 11 is 0. The molecule has 1 heterocycles. The van der Waals surface area contributed by atoms with E-state index >= 15 is 0 Å². The van der Waals surface area contributed by atoms with E-state index in [9.17, 15) is 0 Å². The van der Waals surface area contributed by atoms with Crippen molar-refractivity contribution >= 4 is 5.69 Å². The third-order valence-corrected chi connectivity index (χ3v) is 3.35. The normalized spacial score (nSPS) is 11.4. The first-order valence-electron chi connectivity index (χ1n) is 6.62. The fourth-order valence-electron chi connectivity index (χ4n) is 1.98. The van der Waals surface area contributed by atoms with Crippen LogP contribution in [0.1, 0.15) is 39.3 Å². The van der Waals surface area contributed by atoms with E-state index in [1.165, 1.54) is 12.8 Å². The molecule has 0 saturated heterocycles. The van der Waals surface area contributed by atoms with Gasteiger partial charge >= 0.3 is 0 Å². The van der Waals surface area contributed by atoms with Crippen molar-refractivity contribution in [2.24, 2.45) is 5.92 Å². The smallest absolute Gasteiger partial charge is 0.0545 e. The zero-order chi connectivity index (χ0) is 12.7. The first-order chi connectivity index (χ1) is 8.19. The Labute approximate surface area is 105 Å². The number of aromatic nitrogens is 1. The lowest BCUT2D eigenvalue weighted by molar-refractivity contribution is 0.224. The molecule has 1 aromatic rings. The molecule has 0 spiro atoms. The van der Waals surface area contributed by atoms with Crippen molar-refractivity contribution in [3.63, 3.8) is 0 Å². The molecule has 0 aromatic carbocycles. The lowest BCUT2D eigenvalue weighted by Gasteiger charge is -2.24. The van der Waals surface area contributed by atoms with E-state index in [4.69, 9.17) is 5.73 Å². The lowest BCUT2D eigenvalue weighted by atomic mass is 10.0. The Hall–Kier alpha value is -1.09. The average molecular weight is 235 g/mol. The van der Waals surface area contributed by atoms with Crippen molar-refractivity contribution in [1.29, 1.82) is 0 Å². The van der Waals surface area contributed by atoms with E-state index in [1.807, 2.05) is 12.1 Å². The van der Waals surface area contributed by atoms with E-state index < -0.39 is 0 Å². The van der Waals surface area contributed by atoms with Crippen LogP contribution in [-0.4, -0.2) is 23.0 Å². The molecule has 0 radical (unpaired) electrons. The first kappa shape index (κ1) is 14.0. The highest BCUT2D eigenvalue weighted by Crippen LogP contribution is 2.12. The van der Waals surface area contributed by atoms with Crippen LogP contribution in [0.3, 0.4) is 0 Å². The van der Waals surface area contributed by atoms with Gasteiger partial charge in [0.15, 0.2) is 0 Å². The summed E-state index contributed by atoms with van der Waals surface area (Å²) in [5, 5.41) is 0. The second kappa shape index (κ2) is 7.28. The monoisotopic (exact) mass is 235 g/mol. The minimum atomic E-state index is 0.733. The van der Waals surface area contributed by atoms with Gasteiger partial charge in [0.05, 0.1) is 17.6 Å². The number of hydrogen-bond acceptors (Lipinski definition) is 3. The van der Waals surface area contributed by atoms with Gasteiger partial charge in [-0.2, -0.15) is 0 Å². The van der Waals surface area contributed by atoms with Crippen LogP contribution in [0.25, 0.3) is 0 Å². The Morgan fingerprint density at radius 1 is 1.24 bits per heavy atom. The van der Waals surface area contributed by atoms with E-state index in [1.54, 1.807) is 6.20 Å². The molecule has 96 valence electrons. The van der Waals surface area contributed by atoms with E-state index in [-0.39, 0.29) is 0 Å². The van der Waals surface area contributed by atoms with Crippen molar-refractivity contribution in [2.75, 3.05) is 18.8 Å². The molecule has 1 aromatic heterocycles. The summed E-state index contributed by atoms with van der Waals surface area (Å²) < 4.78 is 0. The summed E-state index contributed by atoms with van der Waals surface area (Å²) in [5.41, 5.74) is 7.47. The molecular formula is C14H25N3. The Bertz CT molecular complexity index is 304. The van der Waals surface area contributed by atoms with Gasteiger partial charge in [-0.1, -0.05) is 33.6 Å². The minimum Gasteiger partial charge on any atom is -0.397 e. The molecule has 3 heteroatoms. The van der Waals surface area contributed by atoms with Gasteiger partial charge in [0, 0.05) is 13.1 Å². The van der Waals surface area contributed by atoms with Crippen LogP contribution in [-0.2, 0) is 6.54 Å². The van der Waals surface area contributed by atoms with Crippen molar-refractivity contribution in [2.45, 2.75) is 40.2 Å². The number of nitrogen functional groups attached to an aromatic ring is 1. The van der Waals surface area contributed by atoms with Gasteiger partial charge in [-0.25, -0.2) is 0 Å². The molecule has 0 aliphatic carbocycles. The predicted molar refractivity (Wildman–Crippen MR) is 73.7 cm³/mol. The Morgan fingerprint density at radius 2 is 1.94 bits per heavy atom. The van der Waals surface area contributed by atoms with Crippen LogP contribution < -0.4 is 5.73 Å². The van der Waals surface area contributed by atoms with Gasteiger partial charge in [-0.05, 0) is 24.6 Å². The highest BCUT2D eigenvalue weighted by Gasteiger charge is 2.10. The van der Waals surface area contributed by atoms with Crippen LogP contribution in [0, 0.1) is 5.92 Å². The molecule has 2 N–H and O–H groups in total. The van der Waals surface area contributed by atoms with Gasteiger partial charge in [-0.3, -0.25) is 9.88 Å². The Balaban J connectivity index is 2.54. The number of anilines is 1. The molecule has 0 unspecified atom stereocenters. The van der Waals surface area contributed by atoms with Gasteiger partial charge < -0.3 is 5.73 Å². The maximum Gasteiger partial charge on any atom is 0.0545 e. The fraction of sp³-hybridized carbons (Fsp3) is 0.643. The molecule has 0 aliphatic rings. The molecule has 0 atom stereocenters. The maximum absolute atomic E-state index is 5.64. The zero-order valence-corrected chi connectivity index (χ0v) is 11.3. The van der Waals surface area contributed by atoms with E-state index in [2.05, 4.69) is 30.7 Å². The number of rotatable bonds is 7. The van der Waals surface area contributed by atoms with Crippen LogP contribution in [0.5, 0.6) is 0 Å². The SMILES string of the molecule is CCC(CC)CN(CC)Cc1ccc(N)cn1. The van der Waals surface area contributed by atoms with Crippen LogP contribution >= 0.6 is 0 Å². The van der Waals surface area contributed by atoms with Crippen molar-refractivity contribution in [3.05, 3.63) is 24.0 Å². The Morgan fingerprint density at radius 3 is 2.41 bits per heavy atom. The summed E-state index contributed by atoms with van der Waals surface area (Å²) in [7, 11) is 0. The van der Waals surface area contributed by atoms with Gasteiger partial charge in [0.2, 0.25) is 0 Å². The molecule has 0 saturated carbocycles. The number of pyridine rings is 1. The highest BCUT2D eigenvalue weighted by atomic mass is 15.1. The molecule has 0 bridgehead atoms. The summed E-state index contributed by atoms with van der Waals surface area (Å²) in [6, 6.07) is 3.94. The largest absolute Gasteiger partial charge is 0.397 e. The van der Waals surface area contributed by atoms with Crippen LogP contribution in [0.2, 0.25) is 0 Å². The lowest BCUT2D eigenvalue weighted by Crippen LogP contribution is -2.29. The topological polar surface area (TPSA) is 42.1 Å². The van der Waals surface area contributed by atoms with E-state index in [0.29, 0.717) is 0 Å². The summed E-state index contributed by atoms with van der Waals surface area (Å²) in [6.07, 6.45) is 4.24. The molecule has 1 rings (SSSR count). The number of nitrogens with two attached hydrogens (primary N) is 1. The summed E-state index contributed by atoms with van der Waals surface area (Å²) in [5.74, 6) is 0.795. The molecule has 0 aliphatic heterocycles. The van der Waals surface area contributed by atoms with Gasteiger partial charge in [0.25, 0.3) is 0 Å². The van der Waals surface area contributed by atoms with Crippen molar-refractivity contribution < 1.29 is 0 Å².